The summed E-state index contributed by atoms with van der Waals surface area (Å²) in [6, 6.07) is 7.40. The van der Waals surface area contributed by atoms with Crippen molar-refractivity contribution < 1.29 is 9.90 Å². The molecule has 20 heavy (non-hydrogen) atoms. The number of aliphatic carboxylic acids is 1. The van der Waals surface area contributed by atoms with E-state index in [4.69, 9.17) is 5.11 Å². The van der Waals surface area contributed by atoms with Gasteiger partial charge in [-0.15, -0.1) is 0 Å². The molecule has 3 rings (SSSR count). The number of pyridine rings is 1. The van der Waals surface area contributed by atoms with E-state index in [2.05, 4.69) is 15.0 Å². The predicted molar refractivity (Wildman–Crippen MR) is 72.3 cm³/mol. The summed E-state index contributed by atoms with van der Waals surface area (Å²) >= 11 is 0. The van der Waals surface area contributed by atoms with Crippen LogP contribution in [0.2, 0.25) is 0 Å². The molecule has 0 aromatic carbocycles. The molecule has 0 aliphatic heterocycles. The lowest BCUT2D eigenvalue weighted by Gasteiger charge is -2.02. The minimum Gasteiger partial charge on any atom is -0.481 e. The highest BCUT2D eigenvalue weighted by atomic mass is 16.4. The molecular formula is C14H12N4O2. The predicted octanol–water partition coefficient (Wildman–Crippen LogP) is 1.73. The normalized spacial score (nSPS) is 10.8. The van der Waals surface area contributed by atoms with Crippen molar-refractivity contribution in [3.63, 3.8) is 0 Å². The van der Waals surface area contributed by atoms with E-state index in [0.29, 0.717) is 22.7 Å². The minimum atomic E-state index is -0.885. The molecule has 0 unspecified atom stereocenters. The smallest absolute Gasteiger partial charge is 0.309 e. The molecule has 0 fully saturated rings. The van der Waals surface area contributed by atoms with Crippen molar-refractivity contribution in [1.82, 2.24) is 19.4 Å². The molecule has 0 atom stereocenters. The SMILES string of the molecule is Cc1nc2cc(-c3ccccn3)ncn2c1CC(=O)O. The van der Waals surface area contributed by atoms with E-state index in [1.807, 2.05) is 18.2 Å². The van der Waals surface area contributed by atoms with E-state index >= 15 is 0 Å². The third kappa shape index (κ3) is 2.11. The quantitative estimate of drug-likeness (QED) is 0.782. The Hall–Kier alpha value is -2.76. The topological polar surface area (TPSA) is 80.4 Å². The third-order valence-electron chi connectivity index (χ3n) is 3.06. The fourth-order valence-electron chi connectivity index (χ4n) is 2.12. The Bertz CT molecular complexity index is 780. The first kappa shape index (κ1) is 12.3. The van der Waals surface area contributed by atoms with Crippen molar-refractivity contribution in [1.29, 1.82) is 0 Å². The molecule has 3 aromatic rings. The van der Waals surface area contributed by atoms with Gasteiger partial charge in [-0.25, -0.2) is 9.97 Å². The number of hydrogen-bond acceptors (Lipinski definition) is 4. The molecule has 6 nitrogen and oxygen atoms in total. The number of carbonyl (C=O) groups is 1. The molecule has 0 saturated heterocycles. The maximum Gasteiger partial charge on any atom is 0.309 e. The van der Waals surface area contributed by atoms with Crippen LogP contribution < -0.4 is 0 Å². The zero-order chi connectivity index (χ0) is 14.1. The van der Waals surface area contributed by atoms with Crippen LogP contribution in [0.15, 0.2) is 36.8 Å². The summed E-state index contributed by atoms with van der Waals surface area (Å²) in [5.41, 5.74) is 3.50. The molecular weight excluding hydrogens is 256 g/mol. The van der Waals surface area contributed by atoms with Crippen LogP contribution in [-0.4, -0.2) is 30.4 Å². The van der Waals surface area contributed by atoms with E-state index < -0.39 is 5.97 Å². The average molecular weight is 268 g/mol. The molecule has 0 spiro atoms. The van der Waals surface area contributed by atoms with Crippen LogP contribution in [0, 0.1) is 6.92 Å². The minimum absolute atomic E-state index is 0.0718. The highest BCUT2D eigenvalue weighted by molar-refractivity contribution is 5.71. The van der Waals surface area contributed by atoms with Gasteiger partial charge in [0.15, 0.2) is 0 Å². The maximum absolute atomic E-state index is 10.9. The van der Waals surface area contributed by atoms with Gasteiger partial charge in [0.25, 0.3) is 0 Å². The van der Waals surface area contributed by atoms with Gasteiger partial charge in [-0.3, -0.25) is 14.2 Å². The molecule has 0 aliphatic carbocycles. The summed E-state index contributed by atoms with van der Waals surface area (Å²) in [5, 5.41) is 8.93. The maximum atomic E-state index is 10.9. The van der Waals surface area contributed by atoms with Crippen LogP contribution in [0.4, 0.5) is 0 Å². The summed E-state index contributed by atoms with van der Waals surface area (Å²) in [5.74, 6) is -0.885. The van der Waals surface area contributed by atoms with E-state index in [-0.39, 0.29) is 6.42 Å². The zero-order valence-corrected chi connectivity index (χ0v) is 10.8. The summed E-state index contributed by atoms with van der Waals surface area (Å²) in [6.07, 6.45) is 3.23. The van der Waals surface area contributed by atoms with Crippen LogP contribution in [-0.2, 0) is 11.2 Å². The van der Waals surface area contributed by atoms with Gasteiger partial charge in [-0.05, 0) is 19.1 Å². The van der Waals surface area contributed by atoms with E-state index in [1.165, 1.54) is 0 Å². The van der Waals surface area contributed by atoms with Crippen LogP contribution >= 0.6 is 0 Å². The molecule has 1 N–H and O–H groups in total. The van der Waals surface area contributed by atoms with Gasteiger partial charge in [0.05, 0.1) is 29.2 Å². The molecule has 3 heterocycles. The highest BCUT2D eigenvalue weighted by Gasteiger charge is 2.13. The average Bonchev–Trinajstić information content (AvgIpc) is 2.75. The second kappa shape index (κ2) is 4.73. The van der Waals surface area contributed by atoms with Crippen molar-refractivity contribution in [3.05, 3.63) is 48.2 Å². The fraction of sp³-hybridized carbons (Fsp3) is 0.143. The molecule has 6 heteroatoms. The largest absolute Gasteiger partial charge is 0.481 e. The van der Waals surface area contributed by atoms with Gasteiger partial charge in [-0.2, -0.15) is 0 Å². The lowest BCUT2D eigenvalue weighted by atomic mass is 10.2. The molecule has 0 saturated carbocycles. The van der Waals surface area contributed by atoms with Gasteiger partial charge in [0.1, 0.15) is 12.0 Å². The third-order valence-corrected chi connectivity index (χ3v) is 3.06. The molecule has 0 amide bonds. The summed E-state index contributed by atoms with van der Waals surface area (Å²) < 4.78 is 1.70. The Kier molecular flexibility index (Phi) is 2.90. The Morgan fingerprint density at radius 2 is 2.15 bits per heavy atom. The molecule has 0 bridgehead atoms. The number of aromatic nitrogens is 4. The number of aryl methyl sites for hydroxylation is 1. The number of rotatable bonds is 3. The Morgan fingerprint density at radius 1 is 1.30 bits per heavy atom. The first-order valence-corrected chi connectivity index (χ1v) is 6.12. The van der Waals surface area contributed by atoms with Crippen LogP contribution in [0.3, 0.4) is 0 Å². The number of carboxylic acid groups (broad SMARTS) is 1. The first-order chi connectivity index (χ1) is 9.65. The molecule has 0 radical (unpaired) electrons. The Balaban J connectivity index is 2.12. The summed E-state index contributed by atoms with van der Waals surface area (Å²) in [7, 11) is 0. The molecule has 0 aliphatic rings. The number of imidazole rings is 1. The number of fused-ring (bicyclic) bond motifs is 1. The van der Waals surface area contributed by atoms with Crippen LogP contribution in [0.1, 0.15) is 11.4 Å². The van der Waals surface area contributed by atoms with Gasteiger partial charge >= 0.3 is 5.97 Å². The van der Waals surface area contributed by atoms with E-state index in [1.54, 1.807) is 29.9 Å². The Morgan fingerprint density at radius 3 is 2.85 bits per heavy atom. The lowest BCUT2D eigenvalue weighted by molar-refractivity contribution is -0.136. The van der Waals surface area contributed by atoms with Crippen LogP contribution in [0.25, 0.3) is 17.0 Å². The van der Waals surface area contributed by atoms with Crippen molar-refractivity contribution in [3.8, 4) is 11.4 Å². The monoisotopic (exact) mass is 268 g/mol. The fourth-order valence-corrected chi connectivity index (χ4v) is 2.12. The second-order valence-electron chi connectivity index (χ2n) is 4.43. The van der Waals surface area contributed by atoms with Gasteiger partial charge in [0, 0.05) is 12.3 Å². The van der Waals surface area contributed by atoms with Gasteiger partial charge in [0.2, 0.25) is 0 Å². The van der Waals surface area contributed by atoms with Crippen molar-refractivity contribution in [2.45, 2.75) is 13.3 Å². The lowest BCUT2D eigenvalue weighted by Crippen LogP contribution is -2.05. The van der Waals surface area contributed by atoms with E-state index in [9.17, 15) is 4.79 Å². The summed E-state index contributed by atoms with van der Waals surface area (Å²) in [6.45, 7) is 1.80. The Labute approximate surface area is 114 Å². The zero-order valence-electron chi connectivity index (χ0n) is 10.8. The van der Waals surface area contributed by atoms with Crippen molar-refractivity contribution in [2.75, 3.05) is 0 Å². The number of carboxylic acids is 1. The molecule has 3 aromatic heterocycles. The van der Waals surface area contributed by atoms with Crippen molar-refractivity contribution in [2.24, 2.45) is 0 Å². The molecule has 100 valence electrons. The standard InChI is InChI=1S/C14H12N4O2/c1-9-12(7-14(19)20)18-8-16-11(6-13(18)17-9)10-4-2-3-5-15-10/h2-6,8H,7H2,1H3,(H,19,20). The van der Waals surface area contributed by atoms with Gasteiger partial charge < -0.3 is 5.11 Å². The second-order valence-corrected chi connectivity index (χ2v) is 4.43. The summed E-state index contributed by atoms with van der Waals surface area (Å²) in [4.78, 5) is 23.8. The van der Waals surface area contributed by atoms with Crippen molar-refractivity contribution >= 4 is 11.6 Å². The highest BCUT2D eigenvalue weighted by Crippen LogP contribution is 2.18. The number of hydrogen-bond donors (Lipinski definition) is 1. The first-order valence-electron chi connectivity index (χ1n) is 6.12. The number of nitrogens with zero attached hydrogens (tertiary/aromatic N) is 4. The van der Waals surface area contributed by atoms with Crippen LogP contribution in [0.5, 0.6) is 0 Å². The van der Waals surface area contributed by atoms with Gasteiger partial charge in [-0.1, -0.05) is 6.07 Å². The van der Waals surface area contributed by atoms with E-state index in [0.717, 1.165) is 5.69 Å².